The molecule has 2 heterocycles. The molecule has 72 valence electrons. The Bertz CT molecular complexity index is 400. The smallest absolute Gasteiger partial charge is 0.251 e. The standard InChI is InChI=1S/C11H12N2O/c14-11-8-3-1-2-7-4-5-12-9(6-13-11)10(7)8/h1-3,9,12H,4-6H2,(H,13,14)/t9-/m0/s1. The lowest BCUT2D eigenvalue weighted by Gasteiger charge is -2.32. The maximum atomic E-state index is 11.6. The summed E-state index contributed by atoms with van der Waals surface area (Å²) in [6.45, 7) is 1.74. The van der Waals surface area contributed by atoms with Gasteiger partial charge in [-0.25, -0.2) is 0 Å². The van der Waals surface area contributed by atoms with Crippen LogP contribution in [0.25, 0.3) is 0 Å². The van der Waals surface area contributed by atoms with Crippen LogP contribution in [-0.4, -0.2) is 19.0 Å². The molecule has 0 fully saturated rings. The number of carbonyl (C=O) groups excluding carboxylic acids is 1. The van der Waals surface area contributed by atoms with Gasteiger partial charge < -0.3 is 10.6 Å². The molecule has 0 saturated heterocycles. The first-order chi connectivity index (χ1) is 6.86. The van der Waals surface area contributed by atoms with Gasteiger partial charge in [-0.2, -0.15) is 0 Å². The number of nitrogens with one attached hydrogen (secondary N) is 2. The molecule has 1 aromatic carbocycles. The van der Waals surface area contributed by atoms with Crippen molar-refractivity contribution in [2.75, 3.05) is 13.1 Å². The Morgan fingerprint density at radius 3 is 3.21 bits per heavy atom. The summed E-state index contributed by atoms with van der Waals surface area (Å²) in [6, 6.07) is 6.34. The number of hydrogen-bond donors (Lipinski definition) is 2. The molecule has 2 N–H and O–H groups in total. The molecule has 0 saturated carbocycles. The van der Waals surface area contributed by atoms with Gasteiger partial charge >= 0.3 is 0 Å². The van der Waals surface area contributed by atoms with Gasteiger partial charge in [0, 0.05) is 12.1 Å². The van der Waals surface area contributed by atoms with Crippen LogP contribution in [0.4, 0.5) is 0 Å². The molecule has 0 aromatic heterocycles. The predicted octanol–water partition coefficient (Wildman–Crippen LogP) is 0.617. The Hall–Kier alpha value is -1.35. The Balaban J connectivity index is 2.24. The van der Waals surface area contributed by atoms with E-state index in [-0.39, 0.29) is 5.91 Å². The van der Waals surface area contributed by atoms with Gasteiger partial charge in [0.15, 0.2) is 0 Å². The summed E-state index contributed by atoms with van der Waals surface area (Å²) >= 11 is 0. The first kappa shape index (κ1) is 8.00. The minimum Gasteiger partial charge on any atom is -0.350 e. The normalized spacial score (nSPS) is 24.0. The quantitative estimate of drug-likeness (QED) is 0.626. The molecule has 0 bridgehead atoms. The number of amides is 1. The average Bonchev–Trinajstić information content (AvgIpc) is 2.24. The van der Waals surface area contributed by atoms with Crippen LogP contribution < -0.4 is 10.6 Å². The molecule has 2 aliphatic heterocycles. The van der Waals surface area contributed by atoms with Gasteiger partial charge in [-0.15, -0.1) is 0 Å². The molecular weight excluding hydrogens is 176 g/mol. The summed E-state index contributed by atoms with van der Waals surface area (Å²) < 4.78 is 0. The summed E-state index contributed by atoms with van der Waals surface area (Å²) in [4.78, 5) is 11.6. The third-order valence-corrected chi connectivity index (χ3v) is 3.04. The van der Waals surface area contributed by atoms with Crippen LogP contribution in [0.1, 0.15) is 27.5 Å². The Morgan fingerprint density at radius 2 is 2.29 bits per heavy atom. The minimum atomic E-state index is 0.0711. The van der Waals surface area contributed by atoms with Crippen molar-refractivity contribution in [3.8, 4) is 0 Å². The van der Waals surface area contributed by atoms with Crippen molar-refractivity contribution < 1.29 is 4.79 Å². The average molecular weight is 188 g/mol. The fourth-order valence-corrected chi connectivity index (χ4v) is 2.39. The Labute approximate surface area is 82.5 Å². The van der Waals surface area contributed by atoms with E-state index in [1.807, 2.05) is 12.1 Å². The predicted molar refractivity (Wildman–Crippen MR) is 53.2 cm³/mol. The first-order valence-corrected chi connectivity index (χ1v) is 4.99. The molecule has 0 radical (unpaired) electrons. The molecule has 1 atom stereocenters. The highest BCUT2D eigenvalue weighted by Crippen LogP contribution is 2.28. The van der Waals surface area contributed by atoms with Crippen molar-refractivity contribution in [1.82, 2.24) is 10.6 Å². The van der Waals surface area contributed by atoms with Crippen LogP contribution in [0.5, 0.6) is 0 Å². The van der Waals surface area contributed by atoms with E-state index >= 15 is 0 Å². The maximum Gasteiger partial charge on any atom is 0.251 e. The van der Waals surface area contributed by atoms with Crippen LogP contribution in [0.3, 0.4) is 0 Å². The third-order valence-electron chi connectivity index (χ3n) is 3.04. The largest absolute Gasteiger partial charge is 0.350 e. The van der Waals surface area contributed by atoms with Gasteiger partial charge in [0.25, 0.3) is 5.91 Å². The van der Waals surface area contributed by atoms with Crippen molar-refractivity contribution in [1.29, 1.82) is 0 Å². The van der Waals surface area contributed by atoms with E-state index < -0.39 is 0 Å². The molecule has 0 spiro atoms. The van der Waals surface area contributed by atoms with E-state index in [4.69, 9.17) is 0 Å². The van der Waals surface area contributed by atoms with E-state index in [1.54, 1.807) is 0 Å². The Kier molecular flexibility index (Phi) is 1.61. The van der Waals surface area contributed by atoms with Crippen molar-refractivity contribution in [3.05, 3.63) is 34.9 Å². The molecule has 0 aliphatic carbocycles. The molecule has 1 aromatic rings. The summed E-state index contributed by atoms with van der Waals surface area (Å²) in [5, 5.41) is 6.32. The van der Waals surface area contributed by atoms with E-state index in [9.17, 15) is 4.79 Å². The molecule has 0 unspecified atom stereocenters. The molecule has 3 heteroatoms. The number of rotatable bonds is 0. The molecule has 3 rings (SSSR count). The van der Waals surface area contributed by atoms with Crippen LogP contribution in [0.2, 0.25) is 0 Å². The lowest BCUT2D eigenvalue weighted by Crippen LogP contribution is -2.44. The minimum absolute atomic E-state index is 0.0711. The van der Waals surface area contributed by atoms with Crippen LogP contribution >= 0.6 is 0 Å². The highest BCUT2D eigenvalue weighted by Gasteiger charge is 2.29. The van der Waals surface area contributed by atoms with Gasteiger partial charge in [-0.3, -0.25) is 4.79 Å². The highest BCUT2D eigenvalue weighted by molar-refractivity contribution is 5.97. The topological polar surface area (TPSA) is 41.1 Å². The third kappa shape index (κ3) is 0.990. The van der Waals surface area contributed by atoms with Crippen molar-refractivity contribution in [2.24, 2.45) is 0 Å². The SMILES string of the molecule is O=C1NC[C@@H]2NCCc3cccc1c32. The van der Waals surface area contributed by atoms with Crippen molar-refractivity contribution in [2.45, 2.75) is 12.5 Å². The maximum absolute atomic E-state index is 11.6. The summed E-state index contributed by atoms with van der Waals surface area (Å²) in [5.41, 5.74) is 3.41. The summed E-state index contributed by atoms with van der Waals surface area (Å²) in [6.07, 6.45) is 1.03. The lowest BCUT2D eigenvalue weighted by atomic mass is 9.87. The molecular formula is C11H12N2O. The van der Waals surface area contributed by atoms with Crippen LogP contribution in [0.15, 0.2) is 18.2 Å². The van der Waals surface area contributed by atoms with Crippen molar-refractivity contribution in [3.63, 3.8) is 0 Å². The monoisotopic (exact) mass is 188 g/mol. The molecule has 3 nitrogen and oxygen atoms in total. The van der Waals surface area contributed by atoms with Crippen LogP contribution in [-0.2, 0) is 6.42 Å². The first-order valence-electron chi connectivity index (χ1n) is 4.99. The van der Waals surface area contributed by atoms with E-state index in [0.717, 1.165) is 25.1 Å². The fraction of sp³-hybridized carbons (Fsp3) is 0.364. The zero-order chi connectivity index (χ0) is 9.54. The number of carbonyl (C=O) groups is 1. The van der Waals surface area contributed by atoms with Gasteiger partial charge in [0.05, 0.1) is 6.04 Å². The zero-order valence-electron chi connectivity index (χ0n) is 7.84. The zero-order valence-corrected chi connectivity index (χ0v) is 7.84. The second-order valence-electron chi connectivity index (χ2n) is 3.85. The fourth-order valence-electron chi connectivity index (χ4n) is 2.39. The van der Waals surface area contributed by atoms with Crippen molar-refractivity contribution >= 4 is 5.91 Å². The van der Waals surface area contributed by atoms with Gasteiger partial charge in [0.1, 0.15) is 0 Å². The van der Waals surface area contributed by atoms with Gasteiger partial charge in [-0.05, 0) is 30.2 Å². The number of hydrogen-bond acceptors (Lipinski definition) is 2. The van der Waals surface area contributed by atoms with Crippen LogP contribution in [0, 0.1) is 0 Å². The Morgan fingerprint density at radius 1 is 1.36 bits per heavy atom. The molecule has 2 aliphatic rings. The summed E-state index contributed by atoms with van der Waals surface area (Å²) in [7, 11) is 0. The van der Waals surface area contributed by atoms with Gasteiger partial charge in [-0.1, -0.05) is 12.1 Å². The summed E-state index contributed by atoms with van der Waals surface area (Å²) in [5.74, 6) is 0.0711. The van der Waals surface area contributed by atoms with E-state index in [0.29, 0.717) is 6.04 Å². The lowest BCUT2D eigenvalue weighted by molar-refractivity contribution is 0.0935. The second kappa shape index (κ2) is 2.82. The molecule has 1 amide bonds. The number of benzene rings is 1. The molecule has 14 heavy (non-hydrogen) atoms. The van der Waals surface area contributed by atoms with E-state index in [1.165, 1.54) is 11.1 Å². The van der Waals surface area contributed by atoms with Gasteiger partial charge in [0.2, 0.25) is 0 Å². The highest BCUT2D eigenvalue weighted by atomic mass is 16.1. The van der Waals surface area contributed by atoms with E-state index in [2.05, 4.69) is 16.7 Å². The second-order valence-corrected chi connectivity index (χ2v) is 3.85.